The molecule has 3 rings (SSSR count). The second-order valence-electron chi connectivity index (χ2n) is 7.62. The minimum absolute atomic E-state index is 0. The van der Waals surface area contributed by atoms with Crippen LogP contribution in [0, 0.1) is 16.2 Å². The van der Waals surface area contributed by atoms with Crippen LogP contribution in [0.2, 0.25) is 0 Å². The van der Waals surface area contributed by atoms with Gasteiger partial charge in [0, 0.05) is 43.6 Å². The number of nitrogens with zero attached hydrogens (tertiary/aromatic N) is 3. The number of piperidine rings is 1. The van der Waals surface area contributed by atoms with Crippen molar-refractivity contribution < 1.29 is 6.16 Å². The number of nitrogen functional groups attached to an aromatic ring is 1. The Kier molecular flexibility index (Phi) is 6.66. The van der Waals surface area contributed by atoms with Gasteiger partial charge in [-0.3, -0.25) is 16.2 Å². The third-order valence-electron chi connectivity index (χ3n) is 5.21. The third kappa shape index (κ3) is 4.76. The third-order valence-corrected chi connectivity index (χ3v) is 5.21. The Bertz CT molecular complexity index is 918. The van der Waals surface area contributed by atoms with Gasteiger partial charge in [-0.05, 0) is 57.0 Å². The Morgan fingerprint density at radius 1 is 1.23 bits per heavy atom. The van der Waals surface area contributed by atoms with Crippen LogP contribution >= 0.6 is 0 Å². The summed E-state index contributed by atoms with van der Waals surface area (Å²) in [6, 6.07) is 9.31. The molecule has 0 amide bonds. The van der Waals surface area contributed by atoms with Gasteiger partial charge in [0.2, 0.25) is 0 Å². The highest BCUT2D eigenvalue weighted by molar-refractivity contribution is 6.14. The Labute approximate surface area is 178 Å². The van der Waals surface area contributed by atoms with E-state index in [-0.39, 0.29) is 13.6 Å². The summed E-state index contributed by atoms with van der Waals surface area (Å²) in [6.45, 7) is 5.49. The van der Waals surface area contributed by atoms with Gasteiger partial charge < -0.3 is 20.3 Å². The Morgan fingerprint density at radius 3 is 2.57 bits per heavy atom. The smallest absolute Gasteiger partial charge is 0.129 e. The second-order valence-corrected chi connectivity index (χ2v) is 7.62. The van der Waals surface area contributed by atoms with Crippen LogP contribution in [0.1, 0.15) is 39.2 Å². The monoisotopic (exact) mass is 409 g/mol. The zero-order valence-corrected chi connectivity index (χ0v) is 17.4. The van der Waals surface area contributed by atoms with E-state index < -0.39 is 0 Å². The molecule has 8 nitrogen and oxygen atoms in total. The lowest BCUT2D eigenvalue weighted by atomic mass is 10.0. The van der Waals surface area contributed by atoms with E-state index in [0.717, 1.165) is 37.3 Å². The second kappa shape index (κ2) is 9.39. The lowest BCUT2D eigenvalue weighted by molar-refractivity contribution is 0.242. The molecule has 30 heavy (non-hydrogen) atoms. The Morgan fingerprint density at radius 2 is 1.93 bits per heavy atom. The lowest BCUT2D eigenvalue weighted by Crippen LogP contribution is -2.44. The van der Waals surface area contributed by atoms with Crippen LogP contribution in [0.5, 0.6) is 5.75 Å². The summed E-state index contributed by atoms with van der Waals surface area (Å²) in [7, 11) is 0. The van der Waals surface area contributed by atoms with Gasteiger partial charge in [-0.25, -0.2) is 4.98 Å². The predicted octanol–water partition coefficient (Wildman–Crippen LogP) is 3.60. The summed E-state index contributed by atoms with van der Waals surface area (Å²) in [4.78, 5) is 8.31. The van der Waals surface area contributed by atoms with Crippen molar-refractivity contribution in [3.05, 3.63) is 47.7 Å². The number of nitrogens with one attached hydrogen (secondary N) is 3. The average Bonchev–Trinajstić information content (AvgIpc) is 2.76. The van der Waals surface area contributed by atoms with Crippen LogP contribution in [0.15, 0.2) is 36.5 Å². The first-order chi connectivity index (χ1) is 14.4. The number of ether oxygens (including phenoxy) is 1. The fourth-order valence-corrected chi connectivity index (χ4v) is 3.64. The van der Waals surface area contributed by atoms with Crippen molar-refractivity contribution >= 4 is 29.9 Å². The van der Waals surface area contributed by atoms with E-state index >= 15 is 0 Å². The van der Waals surface area contributed by atoms with Gasteiger partial charge in [0.05, 0.1) is 24.5 Å². The fraction of sp³-hybridized carbons (Fsp3) is 0.364. The van der Waals surface area contributed by atoms with Crippen LogP contribution in [-0.4, -0.2) is 53.5 Å². The number of hydrogen-bond donors (Lipinski definition) is 4. The molecule has 2 heterocycles. The molecule has 0 spiro atoms. The summed E-state index contributed by atoms with van der Waals surface area (Å²) in [5.74, 6) is 1.51. The SMILES string of the molecule is CC(C)Oc1ccc(N)c(C(=N)c2ccnc(N3CCC(N(C=N)C=N)CC3)c2)c1.[HH]. The largest absolute Gasteiger partial charge is 0.491 e. The van der Waals surface area contributed by atoms with Crippen molar-refractivity contribution in [3.63, 3.8) is 0 Å². The number of pyridine rings is 1. The maximum absolute atomic E-state index is 8.70. The number of rotatable bonds is 8. The fourth-order valence-electron chi connectivity index (χ4n) is 3.64. The molecule has 0 saturated carbocycles. The van der Waals surface area contributed by atoms with Gasteiger partial charge in [0.25, 0.3) is 0 Å². The number of hydrogen-bond acceptors (Lipinski definition) is 7. The van der Waals surface area contributed by atoms with Gasteiger partial charge in [-0.2, -0.15) is 0 Å². The van der Waals surface area contributed by atoms with Crippen LogP contribution < -0.4 is 15.4 Å². The maximum atomic E-state index is 8.70. The maximum Gasteiger partial charge on any atom is 0.129 e. The van der Waals surface area contributed by atoms with E-state index in [1.54, 1.807) is 17.2 Å². The lowest BCUT2D eigenvalue weighted by Gasteiger charge is -2.36. The van der Waals surface area contributed by atoms with Crippen molar-refractivity contribution in [3.8, 4) is 5.75 Å². The summed E-state index contributed by atoms with van der Waals surface area (Å²) >= 11 is 0. The van der Waals surface area contributed by atoms with Crippen molar-refractivity contribution in [1.29, 1.82) is 16.2 Å². The number of anilines is 2. The van der Waals surface area contributed by atoms with E-state index in [1.807, 2.05) is 38.1 Å². The molecule has 1 aromatic carbocycles. The highest BCUT2D eigenvalue weighted by Crippen LogP contribution is 2.26. The molecule has 0 unspecified atom stereocenters. The van der Waals surface area contributed by atoms with E-state index in [2.05, 4.69) is 9.88 Å². The molecule has 0 radical (unpaired) electrons. The van der Waals surface area contributed by atoms with Crippen LogP contribution in [0.4, 0.5) is 11.5 Å². The molecule has 1 aromatic heterocycles. The molecule has 1 aliphatic rings. The van der Waals surface area contributed by atoms with Crippen molar-refractivity contribution in [2.24, 2.45) is 0 Å². The first-order valence-electron chi connectivity index (χ1n) is 10.1. The summed E-state index contributed by atoms with van der Waals surface area (Å²) in [5, 5.41) is 23.5. The molecule has 1 fully saturated rings. The number of aromatic nitrogens is 1. The van der Waals surface area contributed by atoms with Gasteiger partial charge >= 0.3 is 0 Å². The molecule has 1 aliphatic heterocycles. The molecule has 160 valence electrons. The topological polar surface area (TPSA) is 126 Å². The molecular weight excluding hydrogens is 378 g/mol. The van der Waals surface area contributed by atoms with Crippen LogP contribution in [-0.2, 0) is 0 Å². The predicted molar refractivity (Wildman–Crippen MR) is 124 cm³/mol. The zero-order valence-electron chi connectivity index (χ0n) is 17.4. The molecule has 0 aliphatic carbocycles. The average molecular weight is 410 g/mol. The van der Waals surface area contributed by atoms with E-state index in [9.17, 15) is 0 Å². The summed E-state index contributed by atoms with van der Waals surface area (Å²) in [5.41, 5.74) is 8.40. The highest BCUT2D eigenvalue weighted by Gasteiger charge is 2.23. The van der Waals surface area contributed by atoms with Crippen molar-refractivity contribution in [2.75, 3.05) is 23.7 Å². The quantitative estimate of drug-likeness (QED) is 0.301. The van der Waals surface area contributed by atoms with Gasteiger partial charge in [-0.15, -0.1) is 0 Å². The first kappa shape index (κ1) is 21.3. The van der Waals surface area contributed by atoms with Crippen LogP contribution in [0.25, 0.3) is 0 Å². The van der Waals surface area contributed by atoms with Gasteiger partial charge in [0.15, 0.2) is 0 Å². The molecule has 5 N–H and O–H groups in total. The van der Waals surface area contributed by atoms with E-state index in [1.165, 1.54) is 12.7 Å². The van der Waals surface area contributed by atoms with Crippen LogP contribution in [0.3, 0.4) is 0 Å². The summed E-state index contributed by atoms with van der Waals surface area (Å²) in [6.07, 6.45) is 5.86. The van der Waals surface area contributed by atoms with Crippen molar-refractivity contribution in [2.45, 2.75) is 38.8 Å². The number of nitrogens with two attached hydrogens (primary N) is 1. The molecule has 0 atom stereocenters. The van der Waals surface area contributed by atoms with Gasteiger partial charge in [-0.1, -0.05) is 0 Å². The highest BCUT2D eigenvalue weighted by atomic mass is 16.5. The van der Waals surface area contributed by atoms with Gasteiger partial charge in [0.1, 0.15) is 11.6 Å². The minimum atomic E-state index is 0. The van der Waals surface area contributed by atoms with E-state index in [4.69, 9.17) is 26.7 Å². The minimum Gasteiger partial charge on any atom is -0.491 e. The standard InChI is InChI=1S/C22H29N7O.H2/c1-15(2)30-18-3-4-20(25)19(12-18)22(26)16-5-8-27-21(11-16)28-9-6-17(7-10-28)29(13-23)14-24;/h3-5,8,11-15,17,23-24,26H,6-7,9-10,25H2,1-2H3;1H. The number of benzene rings is 1. The molecular formula is C22H31N7O. The molecule has 0 bridgehead atoms. The Balaban J connectivity index is 0.00000341. The first-order valence-corrected chi connectivity index (χ1v) is 10.1. The molecule has 2 aromatic rings. The summed E-state index contributed by atoms with van der Waals surface area (Å²) < 4.78 is 5.75. The zero-order chi connectivity index (χ0) is 21.7. The van der Waals surface area contributed by atoms with Crippen molar-refractivity contribution in [1.82, 2.24) is 9.88 Å². The Hall–Kier alpha value is -3.42. The van der Waals surface area contributed by atoms with E-state index in [0.29, 0.717) is 22.7 Å². The normalized spacial score (nSPS) is 14.4. The molecule has 1 saturated heterocycles. The molecule has 8 heteroatoms.